The molecule has 14 heteroatoms. The zero-order chi connectivity index (χ0) is 42.0. The van der Waals surface area contributed by atoms with Crippen molar-refractivity contribution in [1.82, 2.24) is 14.7 Å². The van der Waals surface area contributed by atoms with Gasteiger partial charge in [-0.3, -0.25) is 14.9 Å². The number of carbonyl (C=O) groups is 1. The Labute approximate surface area is 349 Å². The minimum Gasteiger partial charge on any atom is -0.455 e. The summed E-state index contributed by atoms with van der Waals surface area (Å²) in [7, 11) is -4.56. The largest absolute Gasteiger partial charge is 0.455 e. The Morgan fingerprint density at radius 2 is 1.73 bits per heavy atom. The molecule has 0 bridgehead atoms. The summed E-state index contributed by atoms with van der Waals surface area (Å²) in [5, 5.41) is 15.9. The van der Waals surface area contributed by atoms with Crippen LogP contribution in [-0.4, -0.2) is 55.5 Å². The molecular formula is C46H48N6O7S. The summed E-state index contributed by atoms with van der Waals surface area (Å²) in [5.74, 6) is -0.263. The molecule has 1 unspecified atom stereocenters. The summed E-state index contributed by atoms with van der Waals surface area (Å²) in [6, 6.07) is 29.3. The number of nitro benzene ring substituents is 1. The summed E-state index contributed by atoms with van der Waals surface area (Å²) in [5.41, 5.74) is 5.76. The van der Waals surface area contributed by atoms with Crippen molar-refractivity contribution in [2.75, 3.05) is 36.5 Å². The van der Waals surface area contributed by atoms with Gasteiger partial charge < -0.3 is 24.7 Å². The Hall–Kier alpha value is -6.25. The Morgan fingerprint density at radius 1 is 0.967 bits per heavy atom. The van der Waals surface area contributed by atoms with E-state index in [1.165, 1.54) is 41.2 Å². The van der Waals surface area contributed by atoms with Crippen molar-refractivity contribution < 1.29 is 27.6 Å². The van der Waals surface area contributed by atoms with Gasteiger partial charge in [-0.15, -0.1) is 0 Å². The zero-order valence-electron chi connectivity index (χ0n) is 33.8. The number of aromatic amines is 1. The summed E-state index contributed by atoms with van der Waals surface area (Å²) < 4.78 is 41.1. The highest BCUT2D eigenvalue weighted by atomic mass is 32.2. The van der Waals surface area contributed by atoms with E-state index in [2.05, 4.69) is 82.1 Å². The molecule has 1 amide bonds. The van der Waals surface area contributed by atoms with Crippen molar-refractivity contribution in [2.45, 2.75) is 62.8 Å². The maximum Gasteiger partial charge on any atom is 0.293 e. The molecule has 60 heavy (non-hydrogen) atoms. The van der Waals surface area contributed by atoms with Gasteiger partial charge in [-0.25, -0.2) is 18.1 Å². The third-order valence-corrected chi connectivity index (χ3v) is 12.7. The number of nitro groups is 1. The minimum atomic E-state index is -4.56. The fourth-order valence-corrected chi connectivity index (χ4v) is 9.14. The van der Waals surface area contributed by atoms with Gasteiger partial charge in [0.15, 0.2) is 0 Å². The molecular weight excluding hydrogens is 781 g/mol. The van der Waals surface area contributed by atoms with E-state index in [0.717, 1.165) is 54.8 Å². The third-order valence-electron chi connectivity index (χ3n) is 11.4. The van der Waals surface area contributed by atoms with E-state index in [-0.39, 0.29) is 34.4 Å². The van der Waals surface area contributed by atoms with Gasteiger partial charge >= 0.3 is 0 Å². The number of rotatable bonds is 12. The van der Waals surface area contributed by atoms with E-state index < -0.39 is 31.4 Å². The van der Waals surface area contributed by atoms with Gasteiger partial charge in [0.2, 0.25) is 0 Å². The molecule has 0 aliphatic carbocycles. The SMILES string of the molecule is CC(C)(C)c1ccccc1N1CCCC1c1ccc(-c2ccc(C(=O)NS(=O)(=O)c3ccc(NCC4CCOCC4)c([N+](=O)[O-])c3)c(Oc3cnc4[nH]ccc4c3)c2)cc1. The van der Waals surface area contributed by atoms with Gasteiger partial charge in [0.25, 0.3) is 21.6 Å². The molecule has 2 aliphatic heterocycles. The highest BCUT2D eigenvalue weighted by Gasteiger charge is 2.31. The van der Waals surface area contributed by atoms with Gasteiger partial charge in [-0.1, -0.05) is 69.3 Å². The quantitative estimate of drug-likeness (QED) is 0.0798. The highest BCUT2D eigenvalue weighted by molar-refractivity contribution is 7.90. The third kappa shape index (κ3) is 8.70. The molecule has 0 radical (unpaired) electrons. The second-order valence-corrected chi connectivity index (χ2v) is 18.1. The second-order valence-electron chi connectivity index (χ2n) is 16.4. The maximum absolute atomic E-state index is 13.9. The average Bonchev–Trinajstić information content (AvgIpc) is 3.93. The standard InChI is InChI=1S/C46H48N6O7S/c1-46(2,3)38-7-4-5-8-41(38)51-22-6-9-40(51)32-12-10-31(11-13-32)33-14-16-37(43(26-33)59-35-25-34-18-21-47-44(34)49-29-35)45(53)50-60(56,57)36-15-17-39(42(27-36)52(54)55)48-28-30-19-23-58-24-20-30/h4-5,7-8,10-18,21,25-27,29-30,40,48H,6,9,19-20,22-24,28H2,1-3H3,(H,47,49)(H,50,53). The number of hydrogen-bond donors (Lipinski definition) is 3. The maximum atomic E-state index is 13.9. The molecule has 2 aromatic heterocycles. The molecule has 0 spiro atoms. The predicted molar refractivity (Wildman–Crippen MR) is 232 cm³/mol. The normalized spacial score (nSPS) is 16.2. The van der Waals surface area contributed by atoms with E-state index in [0.29, 0.717) is 31.2 Å². The number of anilines is 2. The zero-order valence-corrected chi connectivity index (χ0v) is 34.6. The van der Waals surface area contributed by atoms with Crippen LogP contribution in [0.15, 0.2) is 114 Å². The molecule has 6 aromatic rings. The number of para-hydroxylation sites is 1. The summed E-state index contributed by atoms with van der Waals surface area (Å²) in [4.78, 5) is 34.9. The first-order chi connectivity index (χ1) is 28.8. The fraction of sp³-hybridized carbons (Fsp3) is 0.304. The fourth-order valence-electron chi connectivity index (χ4n) is 8.15. The van der Waals surface area contributed by atoms with E-state index in [1.807, 2.05) is 18.2 Å². The van der Waals surface area contributed by atoms with Crippen LogP contribution in [-0.2, 0) is 20.2 Å². The number of aromatic nitrogens is 2. The molecule has 8 rings (SSSR count). The number of amides is 1. The Morgan fingerprint density at radius 3 is 2.50 bits per heavy atom. The number of fused-ring (bicyclic) bond motifs is 1. The van der Waals surface area contributed by atoms with Crippen LogP contribution in [0.1, 0.15) is 74.0 Å². The number of H-pyrrole nitrogens is 1. The Balaban J connectivity index is 1.06. The molecule has 2 saturated heterocycles. The van der Waals surface area contributed by atoms with Crippen LogP contribution in [0.2, 0.25) is 0 Å². The van der Waals surface area contributed by atoms with Crippen LogP contribution in [0.3, 0.4) is 0 Å². The Bertz CT molecular complexity index is 2650. The summed E-state index contributed by atoms with van der Waals surface area (Å²) in [6.07, 6.45) is 7.03. The van der Waals surface area contributed by atoms with Gasteiger partial charge in [0.1, 0.15) is 22.8 Å². The van der Waals surface area contributed by atoms with Crippen molar-refractivity contribution in [3.63, 3.8) is 0 Å². The molecule has 3 N–H and O–H groups in total. The first-order valence-electron chi connectivity index (χ1n) is 20.2. The molecule has 4 heterocycles. The van der Waals surface area contributed by atoms with E-state index in [9.17, 15) is 23.3 Å². The topological polar surface area (TPSA) is 169 Å². The second kappa shape index (κ2) is 16.8. The number of nitrogens with zero attached hydrogens (tertiary/aromatic N) is 3. The van der Waals surface area contributed by atoms with Crippen LogP contribution in [0.5, 0.6) is 11.5 Å². The van der Waals surface area contributed by atoms with Crippen LogP contribution < -0.4 is 19.7 Å². The lowest BCUT2D eigenvalue weighted by Gasteiger charge is -2.33. The van der Waals surface area contributed by atoms with Crippen molar-refractivity contribution in [1.29, 1.82) is 0 Å². The molecule has 1 atom stereocenters. The minimum absolute atomic E-state index is 0.00135. The van der Waals surface area contributed by atoms with Crippen LogP contribution in [0.4, 0.5) is 17.1 Å². The number of ether oxygens (including phenoxy) is 2. The van der Waals surface area contributed by atoms with Crippen molar-refractivity contribution in [2.24, 2.45) is 5.92 Å². The molecule has 310 valence electrons. The highest BCUT2D eigenvalue weighted by Crippen LogP contribution is 2.42. The molecule has 4 aromatic carbocycles. The lowest BCUT2D eigenvalue weighted by atomic mass is 9.85. The molecule has 13 nitrogen and oxygen atoms in total. The average molecular weight is 829 g/mol. The first-order valence-corrected chi connectivity index (χ1v) is 21.7. The number of sulfonamides is 1. The summed E-state index contributed by atoms with van der Waals surface area (Å²) >= 11 is 0. The lowest BCUT2D eigenvalue weighted by Crippen LogP contribution is -2.31. The van der Waals surface area contributed by atoms with Crippen molar-refractivity contribution in [3.8, 4) is 22.6 Å². The van der Waals surface area contributed by atoms with Gasteiger partial charge in [-0.2, -0.15) is 0 Å². The molecule has 2 aliphatic rings. The summed E-state index contributed by atoms with van der Waals surface area (Å²) in [6.45, 7) is 9.43. The van der Waals surface area contributed by atoms with Gasteiger partial charge in [0, 0.05) is 49.6 Å². The lowest BCUT2D eigenvalue weighted by molar-refractivity contribution is -0.384. The van der Waals surface area contributed by atoms with E-state index in [4.69, 9.17) is 9.47 Å². The van der Waals surface area contributed by atoms with Crippen LogP contribution >= 0.6 is 0 Å². The number of hydrogen-bond acceptors (Lipinski definition) is 10. The van der Waals surface area contributed by atoms with Crippen molar-refractivity contribution >= 4 is 44.0 Å². The predicted octanol–water partition coefficient (Wildman–Crippen LogP) is 9.53. The van der Waals surface area contributed by atoms with E-state index >= 15 is 0 Å². The molecule has 0 saturated carbocycles. The number of nitrogens with one attached hydrogen (secondary N) is 3. The first kappa shape index (κ1) is 40.5. The number of benzene rings is 4. The van der Waals surface area contributed by atoms with Gasteiger partial charge in [0.05, 0.1) is 27.6 Å². The van der Waals surface area contributed by atoms with Gasteiger partial charge in [-0.05, 0) is 102 Å². The van der Waals surface area contributed by atoms with E-state index in [1.54, 1.807) is 24.4 Å². The number of pyridine rings is 1. The Kier molecular flexibility index (Phi) is 11.3. The van der Waals surface area contributed by atoms with Crippen molar-refractivity contribution in [3.05, 3.63) is 136 Å². The number of carbonyl (C=O) groups excluding carboxylic acids is 1. The monoisotopic (exact) mass is 828 g/mol. The van der Waals surface area contributed by atoms with Crippen LogP contribution in [0, 0.1) is 16.0 Å². The smallest absolute Gasteiger partial charge is 0.293 e. The molecule has 2 fully saturated rings. The van der Waals surface area contributed by atoms with Crippen LogP contribution in [0.25, 0.3) is 22.2 Å².